The Labute approximate surface area is 159 Å². The minimum absolute atomic E-state index is 0.0754. The average Bonchev–Trinajstić information content (AvgIpc) is 3.12. The zero-order valence-electron chi connectivity index (χ0n) is 17.2. The van der Waals surface area contributed by atoms with E-state index in [1.54, 1.807) is 7.11 Å². The Morgan fingerprint density at radius 3 is 2.38 bits per heavy atom. The summed E-state index contributed by atoms with van der Waals surface area (Å²) in [6, 6.07) is 8.58. The molecule has 1 saturated carbocycles. The summed E-state index contributed by atoms with van der Waals surface area (Å²) in [5.41, 5.74) is 1.68. The number of methoxy groups -OCH3 is 1. The van der Waals surface area contributed by atoms with E-state index in [1.807, 2.05) is 0 Å². The monoisotopic (exact) mass is 359 g/mol. The van der Waals surface area contributed by atoms with Gasteiger partial charge in [-0.15, -0.1) is 0 Å². The molecule has 0 aromatic heterocycles. The molecule has 0 amide bonds. The molecule has 1 N–H and O–H groups in total. The summed E-state index contributed by atoms with van der Waals surface area (Å²) in [5, 5.41) is 4.01. The Balaban J connectivity index is 1.66. The van der Waals surface area contributed by atoms with Gasteiger partial charge in [-0.1, -0.05) is 44.9 Å². The molecule has 146 valence electrons. The van der Waals surface area contributed by atoms with E-state index < -0.39 is 0 Å². The molecule has 2 fully saturated rings. The van der Waals surface area contributed by atoms with Crippen LogP contribution in [-0.4, -0.2) is 63.2 Å². The lowest BCUT2D eigenvalue weighted by Crippen LogP contribution is -2.51. The molecule has 1 heterocycles. The van der Waals surface area contributed by atoms with Crippen molar-refractivity contribution in [2.45, 2.75) is 45.1 Å². The van der Waals surface area contributed by atoms with Crippen molar-refractivity contribution in [3.63, 3.8) is 0 Å². The van der Waals surface area contributed by atoms with Crippen molar-refractivity contribution >= 4 is 0 Å². The van der Waals surface area contributed by atoms with Crippen molar-refractivity contribution in [1.82, 2.24) is 15.1 Å². The van der Waals surface area contributed by atoms with Gasteiger partial charge in [0, 0.05) is 50.4 Å². The third-order valence-electron chi connectivity index (χ3n) is 6.23. The fourth-order valence-electron chi connectivity index (χ4n) is 4.64. The van der Waals surface area contributed by atoms with Crippen LogP contribution in [0.5, 0.6) is 5.75 Å². The number of nitrogens with zero attached hydrogens (tertiary/aromatic N) is 2. The summed E-state index contributed by atoms with van der Waals surface area (Å²) in [4.78, 5) is 5.06. The molecule has 1 aromatic rings. The summed E-state index contributed by atoms with van der Waals surface area (Å²) in [6.07, 6.45) is 5.00. The van der Waals surface area contributed by atoms with Gasteiger partial charge in [0.2, 0.25) is 0 Å². The molecule has 4 heteroatoms. The molecule has 1 saturated heterocycles. The summed E-state index contributed by atoms with van der Waals surface area (Å²) >= 11 is 0. The van der Waals surface area contributed by atoms with Crippen LogP contribution < -0.4 is 10.1 Å². The van der Waals surface area contributed by atoms with Gasteiger partial charge in [-0.05, 0) is 31.4 Å². The first-order valence-electron chi connectivity index (χ1n) is 10.2. The van der Waals surface area contributed by atoms with Gasteiger partial charge in [0.1, 0.15) is 5.75 Å². The molecule has 0 atom stereocenters. The lowest BCUT2D eigenvalue weighted by Gasteiger charge is -2.40. The van der Waals surface area contributed by atoms with Gasteiger partial charge in [-0.3, -0.25) is 0 Å². The number of likely N-dealkylation sites (N-methyl/N-ethyl adjacent to an activating group) is 1. The largest absolute Gasteiger partial charge is 0.496 e. The third-order valence-corrected chi connectivity index (χ3v) is 6.23. The zero-order valence-corrected chi connectivity index (χ0v) is 17.2. The highest BCUT2D eigenvalue weighted by Gasteiger charge is 2.38. The van der Waals surface area contributed by atoms with Crippen LogP contribution in [0.25, 0.3) is 0 Å². The zero-order chi connectivity index (χ0) is 18.6. The summed E-state index contributed by atoms with van der Waals surface area (Å²) in [7, 11) is 4.01. The number of benzene rings is 1. The fraction of sp³-hybridized carbons (Fsp3) is 0.727. The highest BCUT2D eigenvalue weighted by atomic mass is 16.5. The van der Waals surface area contributed by atoms with Crippen molar-refractivity contribution < 1.29 is 4.74 Å². The number of ether oxygens (including phenoxy) is 1. The van der Waals surface area contributed by atoms with Crippen molar-refractivity contribution in [2.75, 3.05) is 53.4 Å². The van der Waals surface area contributed by atoms with E-state index in [-0.39, 0.29) is 11.0 Å². The lowest BCUT2D eigenvalue weighted by atomic mass is 9.84. The summed E-state index contributed by atoms with van der Waals surface area (Å²) < 4.78 is 5.69. The first kappa shape index (κ1) is 19.7. The normalized spacial score (nSPS) is 21.8. The van der Waals surface area contributed by atoms with Crippen LogP contribution in [0.2, 0.25) is 0 Å². The molecule has 0 unspecified atom stereocenters. The maximum Gasteiger partial charge on any atom is 0.123 e. The molecule has 26 heavy (non-hydrogen) atoms. The van der Waals surface area contributed by atoms with Gasteiger partial charge >= 0.3 is 0 Å². The third kappa shape index (κ3) is 4.59. The maximum atomic E-state index is 5.69. The molecule has 0 radical (unpaired) electrons. The van der Waals surface area contributed by atoms with Crippen LogP contribution in [0.15, 0.2) is 24.3 Å². The predicted octanol–water partition coefficient (Wildman–Crippen LogP) is 3.33. The van der Waals surface area contributed by atoms with E-state index >= 15 is 0 Å². The highest BCUT2D eigenvalue weighted by Crippen LogP contribution is 2.43. The Morgan fingerprint density at radius 2 is 1.73 bits per heavy atom. The second kappa shape index (κ2) is 8.28. The smallest absolute Gasteiger partial charge is 0.123 e. The van der Waals surface area contributed by atoms with Gasteiger partial charge in [0.25, 0.3) is 0 Å². The van der Waals surface area contributed by atoms with E-state index in [4.69, 9.17) is 4.74 Å². The van der Waals surface area contributed by atoms with Crippen molar-refractivity contribution in [3.8, 4) is 5.75 Å². The quantitative estimate of drug-likeness (QED) is 0.808. The van der Waals surface area contributed by atoms with Crippen molar-refractivity contribution in [1.29, 1.82) is 0 Å². The molecule has 4 nitrogen and oxygen atoms in total. The molecule has 3 rings (SSSR count). The lowest BCUT2D eigenvalue weighted by molar-refractivity contribution is 0.104. The Hall–Kier alpha value is -1.10. The van der Waals surface area contributed by atoms with Crippen LogP contribution in [0.1, 0.15) is 45.1 Å². The second-order valence-corrected chi connectivity index (χ2v) is 9.09. The maximum absolute atomic E-state index is 5.69. The first-order chi connectivity index (χ1) is 12.4. The summed E-state index contributed by atoms with van der Waals surface area (Å²) in [6.45, 7) is 11.8. The van der Waals surface area contributed by atoms with Gasteiger partial charge < -0.3 is 19.9 Å². The molecule has 2 aliphatic rings. The number of piperazine rings is 1. The molecule has 0 spiro atoms. The topological polar surface area (TPSA) is 27.7 Å². The Kier molecular flexibility index (Phi) is 6.26. The van der Waals surface area contributed by atoms with E-state index in [9.17, 15) is 0 Å². The van der Waals surface area contributed by atoms with E-state index in [1.165, 1.54) is 57.4 Å². The van der Waals surface area contributed by atoms with Crippen LogP contribution in [0, 0.1) is 5.41 Å². The predicted molar refractivity (Wildman–Crippen MR) is 109 cm³/mol. The standard InChI is InChI=1S/C22H37N3O/c1-21(2,18-25-15-13-24(3)14-16-25)17-23-22(11-7-8-12-22)19-9-5-6-10-20(19)26-4/h5-6,9-10,23H,7-8,11-18H2,1-4H3. The SMILES string of the molecule is COc1ccccc1C1(NCC(C)(C)CN2CCN(C)CC2)CCCC1. The van der Waals surface area contributed by atoms with Crippen LogP contribution in [0.3, 0.4) is 0 Å². The Bertz CT molecular complexity index is 573. The number of hydrogen-bond acceptors (Lipinski definition) is 4. The van der Waals surface area contributed by atoms with Crippen molar-refractivity contribution in [3.05, 3.63) is 29.8 Å². The molecule has 1 aliphatic heterocycles. The number of nitrogens with one attached hydrogen (secondary N) is 1. The van der Waals surface area contributed by atoms with Crippen LogP contribution in [-0.2, 0) is 5.54 Å². The molecular weight excluding hydrogens is 322 g/mol. The van der Waals surface area contributed by atoms with E-state index in [0.29, 0.717) is 0 Å². The number of rotatable bonds is 7. The minimum atomic E-state index is 0.0754. The fourth-order valence-corrected chi connectivity index (χ4v) is 4.64. The first-order valence-corrected chi connectivity index (χ1v) is 10.2. The average molecular weight is 360 g/mol. The molecular formula is C22H37N3O. The van der Waals surface area contributed by atoms with Crippen LogP contribution in [0.4, 0.5) is 0 Å². The second-order valence-electron chi connectivity index (χ2n) is 9.09. The molecule has 0 bridgehead atoms. The van der Waals surface area contributed by atoms with E-state index in [2.05, 4.69) is 60.3 Å². The van der Waals surface area contributed by atoms with Gasteiger partial charge in [0.15, 0.2) is 0 Å². The summed E-state index contributed by atoms with van der Waals surface area (Å²) in [5.74, 6) is 1.03. The Morgan fingerprint density at radius 1 is 1.08 bits per heavy atom. The van der Waals surface area contributed by atoms with Gasteiger partial charge in [-0.25, -0.2) is 0 Å². The minimum Gasteiger partial charge on any atom is -0.496 e. The van der Waals surface area contributed by atoms with Gasteiger partial charge in [0.05, 0.1) is 7.11 Å². The highest BCUT2D eigenvalue weighted by molar-refractivity contribution is 5.40. The number of para-hydroxylation sites is 1. The van der Waals surface area contributed by atoms with Crippen molar-refractivity contribution in [2.24, 2.45) is 5.41 Å². The molecule has 1 aliphatic carbocycles. The molecule has 1 aromatic carbocycles. The number of hydrogen-bond donors (Lipinski definition) is 1. The van der Waals surface area contributed by atoms with Gasteiger partial charge in [-0.2, -0.15) is 0 Å². The van der Waals surface area contributed by atoms with E-state index in [0.717, 1.165) is 18.8 Å². The van der Waals surface area contributed by atoms with Crippen LogP contribution >= 0.6 is 0 Å².